The molecule has 0 radical (unpaired) electrons. The van der Waals surface area contributed by atoms with E-state index in [4.69, 9.17) is 0 Å². The molecule has 0 aliphatic carbocycles. The van der Waals surface area contributed by atoms with E-state index in [9.17, 15) is 0 Å². The Hall–Kier alpha value is -0.480. The third-order valence-corrected chi connectivity index (χ3v) is 3.88. The molecule has 92 valence electrons. The van der Waals surface area contributed by atoms with Gasteiger partial charge >= 0.3 is 0 Å². The SMILES string of the molecule is CCCNC(c1snnc1CC)C(C)CC. The number of hydrogen-bond acceptors (Lipinski definition) is 4. The van der Waals surface area contributed by atoms with E-state index in [0.717, 1.165) is 13.0 Å². The van der Waals surface area contributed by atoms with Crippen LogP contribution in [0.4, 0.5) is 0 Å². The average Bonchev–Trinajstić information content (AvgIpc) is 2.77. The Bertz CT molecular complexity index is 298. The molecule has 0 bridgehead atoms. The quantitative estimate of drug-likeness (QED) is 0.796. The number of aryl methyl sites for hydroxylation is 1. The molecule has 0 fully saturated rings. The molecule has 0 amide bonds. The number of hydrogen-bond donors (Lipinski definition) is 1. The smallest absolute Gasteiger partial charge is 0.0801 e. The van der Waals surface area contributed by atoms with Crippen LogP contribution in [0, 0.1) is 5.92 Å². The molecule has 1 N–H and O–H groups in total. The van der Waals surface area contributed by atoms with Gasteiger partial charge in [0.1, 0.15) is 0 Å². The van der Waals surface area contributed by atoms with Gasteiger partial charge < -0.3 is 5.32 Å². The number of rotatable bonds is 7. The molecule has 0 aromatic carbocycles. The van der Waals surface area contributed by atoms with Gasteiger partial charge in [-0.1, -0.05) is 38.6 Å². The van der Waals surface area contributed by atoms with Crippen molar-refractivity contribution in [2.45, 2.75) is 53.0 Å². The highest BCUT2D eigenvalue weighted by Crippen LogP contribution is 2.29. The molecule has 0 saturated heterocycles. The van der Waals surface area contributed by atoms with Gasteiger partial charge in [-0.3, -0.25) is 0 Å². The first-order valence-electron chi connectivity index (χ1n) is 6.29. The van der Waals surface area contributed by atoms with Gasteiger partial charge in [-0.25, -0.2) is 0 Å². The van der Waals surface area contributed by atoms with Crippen LogP contribution in [0.1, 0.15) is 57.1 Å². The Labute approximate surface area is 103 Å². The number of nitrogens with one attached hydrogen (secondary N) is 1. The molecule has 2 unspecified atom stereocenters. The topological polar surface area (TPSA) is 37.8 Å². The van der Waals surface area contributed by atoms with Crippen LogP contribution in [0.25, 0.3) is 0 Å². The molecule has 0 aliphatic heterocycles. The summed E-state index contributed by atoms with van der Waals surface area (Å²) in [5.74, 6) is 0.638. The fourth-order valence-electron chi connectivity index (χ4n) is 1.78. The van der Waals surface area contributed by atoms with Crippen LogP contribution in [0.2, 0.25) is 0 Å². The van der Waals surface area contributed by atoms with Crippen LogP contribution < -0.4 is 5.32 Å². The van der Waals surface area contributed by atoms with Crippen LogP contribution in [0.15, 0.2) is 0 Å². The number of nitrogens with zero attached hydrogens (tertiary/aromatic N) is 2. The van der Waals surface area contributed by atoms with Gasteiger partial charge in [-0.05, 0) is 36.8 Å². The molecule has 0 aliphatic rings. The van der Waals surface area contributed by atoms with Gasteiger partial charge in [0, 0.05) is 6.04 Å². The third kappa shape index (κ3) is 3.25. The fourth-order valence-corrected chi connectivity index (χ4v) is 2.73. The van der Waals surface area contributed by atoms with Crippen molar-refractivity contribution in [1.82, 2.24) is 14.9 Å². The molecule has 3 nitrogen and oxygen atoms in total. The van der Waals surface area contributed by atoms with Crippen LogP contribution >= 0.6 is 11.5 Å². The summed E-state index contributed by atoms with van der Waals surface area (Å²) in [5, 5.41) is 7.84. The first-order valence-corrected chi connectivity index (χ1v) is 7.06. The zero-order valence-corrected chi connectivity index (χ0v) is 11.6. The molecule has 1 rings (SSSR count). The summed E-state index contributed by atoms with van der Waals surface area (Å²) in [6.45, 7) is 9.95. The summed E-state index contributed by atoms with van der Waals surface area (Å²) in [6.07, 6.45) is 3.33. The normalized spacial score (nSPS) is 15.0. The maximum Gasteiger partial charge on any atom is 0.0801 e. The van der Waals surface area contributed by atoms with Gasteiger partial charge in [0.2, 0.25) is 0 Å². The van der Waals surface area contributed by atoms with Crippen molar-refractivity contribution in [3.8, 4) is 0 Å². The fraction of sp³-hybridized carbons (Fsp3) is 0.833. The largest absolute Gasteiger partial charge is 0.309 e. The second-order valence-electron chi connectivity index (χ2n) is 4.25. The van der Waals surface area contributed by atoms with Crippen LogP contribution in [0.5, 0.6) is 0 Å². The lowest BCUT2D eigenvalue weighted by atomic mass is 9.96. The summed E-state index contributed by atoms with van der Waals surface area (Å²) in [6, 6.07) is 0.430. The lowest BCUT2D eigenvalue weighted by Crippen LogP contribution is -2.27. The van der Waals surface area contributed by atoms with Crippen molar-refractivity contribution in [3.63, 3.8) is 0 Å². The van der Waals surface area contributed by atoms with Crippen molar-refractivity contribution in [2.24, 2.45) is 5.92 Å². The predicted molar refractivity (Wildman–Crippen MR) is 69.8 cm³/mol. The van der Waals surface area contributed by atoms with E-state index in [2.05, 4.69) is 42.6 Å². The minimum Gasteiger partial charge on any atom is -0.309 e. The molecule has 1 aromatic rings. The summed E-state index contributed by atoms with van der Waals surface area (Å²) < 4.78 is 4.09. The summed E-state index contributed by atoms with van der Waals surface area (Å²) >= 11 is 1.55. The highest BCUT2D eigenvalue weighted by molar-refractivity contribution is 7.05. The Morgan fingerprint density at radius 1 is 1.31 bits per heavy atom. The zero-order chi connectivity index (χ0) is 12.0. The molecular weight excluding hydrogens is 218 g/mol. The van der Waals surface area contributed by atoms with Crippen LogP contribution in [0.3, 0.4) is 0 Å². The molecule has 0 saturated carbocycles. The summed E-state index contributed by atoms with van der Waals surface area (Å²) in [4.78, 5) is 1.34. The monoisotopic (exact) mass is 241 g/mol. The first kappa shape index (κ1) is 13.6. The molecular formula is C12H23N3S. The summed E-state index contributed by atoms with van der Waals surface area (Å²) in [5.41, 5.74) is 1.17. The molecule has 1 aromatic heterocycles. The Kier molecular flexibility index (Phi) is 5.91. The second-order valence-corrected chi connectivity index (χ2v) is 5.04. The first-order chi connectivity index (χ1) is 7.74. The van der Waals surface area contributed by atoms with Gasteiger partial charge in [0.15, 0.2) is 0 Å². The predicted octanol–water partition coefficient (Wildman–Crippen LogP) is 3.19. The lowest BCUT2D eigenvalue weighted by molar-refractivity contribution is 0.380. The molecule has 2 atom stereocenters. The maximum absolute atomic E-state index is 4.21. The highest BCUT2D eigenvalue weighted by Gasteiger charge is 2.22. The standard InChI is InChI=1S/C12H23N3S/c1-5-8-13-11(9(4)6-2)12-10(7-3)14-15-16-12/h9,11,13H,5-8H2,1-4H3. The van der Waals surface area contributed by atoms with E-state index in [1.54, 1.807) is 11.5 Å². The molecule has 1 heterocycles. The van der Waals surface area contributed by atoms with Gasteiger partial charge in [0.25, 0.3) is 0 Å². The van der Waals surface area contributed by atoms with Gasteiger partial charge in [-0.15, -0.1) is 5.10 Å². The lowest BCUT2D eigenvalue weighted by Gasteiger charge is -2.23. The van der Waals surface area contributed by atoms with Crippen LogP contribution in [-0.4, -0.2) is 16.1 Å². The Morgan fingerprint density at radius 2 is 2.06 bits per heavy atom. The molecule has 16 heavy (non-hydrogen) atoms. The second kappa shape index (κ2) is 6.97. The minimum absolute atomic E-state index is 0.430. The molecule has 0 spiro atoms. The van der Waals surface area contributed by atoms with E-state index in [0.29, 0.717) is 12.0 Å². The van der Waals surface area contributed by atoms with Crippen LogP contribution in [-0.2, 0) is 6.42 Å². The van der Waals surface area contributed by atoms with E-state index < -0.39 is 0 Å². The Morgan fingerprint density at radius 3 is 2.62 bits per heavy atom. The Balaban J connectivity index is 2.82. The van der Waals surface area contributed by atoms with E-state index in [1.807, 2.05) is 0 Å². The number of aromatic nitrogens is 2. The van der Waals surface area contributed by atoms with Crippen molar-refractivity contribution in [3.05, 3.63) is 10.6 Å². The summed E-state index contributed by atoms with van der Waals surface area (Å²) in [7, 11) is 0. The highest BCUT2D eigenvalue weighted by atomic mass is 32.1. The average molecular weight is 241 g/mol. The van der Waals surface area contributed by atoms with Crippen molar-refractivity contribution in [2.75, 3.05) is 6.54 Å². The van der Waals surface area contributed by atoms with E-state index in [-0.39, 0.29) is 0 Å². The van der Waals surface area contributed by atoms with Gasteiger partial charge in [0.05, 0.1) is 10.6 Å². The minimum atomic E-state index is 0.430. The third-order valence-electron chi connectivity index (χ3n) is 3.03. The van der Waals surface area contributed by atoms with Gasteiger partial charge in [-0.2, -0.15) is 0 Å². The zero-order valence-electron chi connectivity index (χ0n) is 10.8. The van der Waals surface area contributed by atoms with E-state index in [1.165, 1.54) is 23.4 Å². The molecule has 4 heteroatoms. The van der Waals surface area contributed by atoms with E-state index >= 15 is 0 Å². The maximum atomic E-state index is 4.21. The van der Waals surface area contributed by atoms with Crippen molar-refractivity contribution >= 4 is 11.5 Å². The van der Waals surface area contributed by atoms with Crippen molar-refractivity contribution in [1.29, 1.82) is 0 Å². The van der Waals surface area contributed by atoms with Crippen molar-refractivity contribution < 1.29 is 0 Å².